The van der Waals surface area contributed by atoms with Gasteiger partial charge in [0.2, 0.25) is 0 Å². The lowest BCUT2D eigenvalue weighted by molar-refractivity contribution is 0.401. The van der Waals surface area contributed by atoms with Crippen LogP contribution in [-0.4, -0.2) is 13.7 Å². The van der Waals surface area contributed by atoms with Crippen LogP contribution in [0.15, 0.2) is 18.2 Å². The van der Waals surface area contributed by atoms with Gasteiger partial charge in [-0.3, -0.25) is 0 Å². The zero-order valence-electron chi connectivity index (χ0n) is 9.51. The molecule has 0 saturated heterocycles. The fourth-order valence-corrected chi connectivity index (χ4v) is 1.69. The summed E-state index contributed by atoms with van der Waals surface area (Å²) >= 11 is 5.97. The van der Waals surface area contributed by atoms with Gasteiger partial charge in [-0.1, -0.05) is 18.5 Å². The van der Waals surface area contributed by atoms with Crippen LogP contribution < -0.4 is 10.1 Å². The Morgan fingerprint density at radius 3 is 2.80 bits per heavy atom. The first kappa shape index (κ1) is 12.3. The average molecular weight is 228 g/mol. The van der Waals surface area contributed by atoms with Gasteiger partial charge in [-0.05, 0) is 38.1 Å². The molecule has 1 atom stereocenters. The molecular weight excluding hydrogens is 210 g/mol. The van der Waals surface area contributed by atoms with Crippen LogP contribution >= 0.6 is 11.6 Å². The molecule has 1 rings (SSSR count). The van der Waals surface area contributed by atoms with E-state index in [1.54, 1.807) is 7.11 Å². The normalized spacial score (nSPS) is 12.5. The Hall–Kier alpha value is -0.730. The Morgan fingerprint density at radius 2 is 2.20 bits per heavy atom. The van der Waals surface area contributed by atoms with Gasteiger partial charge in [-0.25, -0.2) is 0 Å². The van der Waals surface area contributed by atoms with E-state index in [4.69, 9.17) is 16.3 Å². The van der Waals surface area contributed by atoms with E-state index < -0.39 is 0 Å². The van der Waals surface area contributed by atoms with E-state index in [2.05, 4.69) is 19.2 Å². The third kappa shape index (κ3) is 3.40. The first-order valence-electron chi connectivity index (χ1n) is 5.25. The largest absolute Gasteiger partial charge is 0.496 e. The van der Waals surface area contributed by atoms with Crippen molar-refractivity contribution in [2.75, 3.05) is 13.7 Å². The summed E-state index contributed by atoms with van der Waals surface area (Å²) in [4.78, 5) is 0. The summed E-state index contributed by atoms with van der Waals surface area (Å²) in [6.45, 7) is 5.26. The van der Waals surface area contributed by atoms with Gasteiger partial charge in [0.15, 0.2) is 0 Å². The van der Waals surface area contributed by atoms with Gasteiger partial charge in [0, 0.05) is 16.6 Å². The zero-order chi connectivity index (χ0) is 11.3. The minimum absolute atomic E-state index is 0.263. The van der Waals surface area contributed by atoms with Crippen LogP contribution in [0.5, 0.6) is 5.75 Å². The lowest BCUT2D eigenvalue weighted by Gasteiger charge is -2.17. The van der Waals surface area contributed by atoms with Gasteiger partial charge in [0.05, 0.1) is 7.11 Å². The average Bonchev–Trinajstić information content (AvgIpc) is 2.25. The first-order chi connectivity index (χ1) is 7.19. The third-order valence-electron chi connectivity index (χ3n) is 2.36. The molecule has 0 aliphatic rings. The van der Waals surface area contributed by atoms with Crippen LogP contribution in [0.25, 0.3) is 0 Å². The lowest BCUT2D eigenvalue weighted by atomic mass is 10.1. The van der Waals surface area contributed by atoms with Gasteiger partial charge < -0.3 is 10.1 Å². The molecule has 15 heavy (non-hydrogen) atoms. The molecule has 0 fully saturated rings. The number of methoxy groups -OCH3 is 1. The summed E-state index contributed by atoms with van der Waals surface area (Å²) in [6, 6.07) is 5.96. The van der Waals surface area contributed by atoms with Crippen LogP contribution in [0, 0.1) is 0 Å². The minimum Gasteiger partial charge on any atom is -0.496 e. The Labute approximate surface area is 96.6 Å². The highest BCUT2D eigenvalue weighted by molar-refractivity contribution is 6.30. The van der Waals surface area contributed by atoms with Crippen molar-refractivity contribution in [1.29, 1.82) is 0 Å². The van der Waals surface area contributed by atoms with Crippen molar-refractivity contribution in [2.24, 2.45) is 0 Å². The topological polar surface area (TPSA) is 21.3 Å². The van der Waals surface area contributed by atoms with Gasteiger partial charge in [0.25, 0.3) is 0 Å². The van der Waals surface area contributed by atoms with Crippen molar-refractivity contribution < 1.29 is 4.74 Å². The van der Waals surface area contributed by atoms with Crippen molar-refractivity contribution in [3.63, 3.8) is 0 Å². The van der Waals surface area contributed by atoms with E-state index >= 15 is 0 Å². The molecule has 0 aliphatic heterocycles. The molecule has 1 aromatic rings. The van der Waals surface area contributed by atoms with Crippen LogP contribution in [0.2, 0.25) is 5.02 Å². The number of hydrogen-bond acceptors (Lipinski definition) is 2. The van der Waals surface area contributed by atoms with E-state index in [9.17, 15) is 0 Å². The summed E-state index contributed by atoms with van der Waals surface area (Å²) in [6.07, 6.45) is 1.12. The van der Waals surface area contributed by atoms with E-state index in [1.165, 1.54) is 0 Å². The monoisotopic (exact) mass is 227 g/mol. The van der Waals surface area contributed by atoms with Crippen molar-refractivity contribution in [2.45, 2.75) is 26.3 Å². The maximum Gasteiger partial charge on any atom is 0.123 e. The highest BCUT2D eigenvalue weighted by Crippen LogP contribution is 2.27. The summed E-state index contributed by atoms with van der Waals surface area (Å²) in [7, 11) is 1.68. The quantitative estimate of drug-likeness (QED) is 0.833. The minimum atomic E-state index is 0.263. The molecule has 0 saturated carbocycles. The second-order valence-corrected chi connectivity index (χ2v) is 4.00. The van der Waals surface area contributed by atoms with Gasteiger partial charge >= 0.3 is 0 Å². The van der Waals surface area contributed by atoms with Gasteiger partial charge in [0.1, 0.15) is 5.75 Å². The molecule has 1 N–H and O–H groups in total. The van der Waals surface area contributed by atoms with E-state index in [0.29, 0.717) is 0 Å². The van der Waals surface area contributed by atoms with Gasteiger partial charge in [-0.15, -0.1) is 0 Å². The fourth-order valence-electron chi connectivity index (χ4n) is 1.51. The molecule has 2 nitrogen and oxygen atoms in total. The van der Waals surface area contributed by atoms with Crippen molar-refractivity contribution in [1.82, 2.24) is 5.32 Å². The van der Waals surface area contributed by atoms with Gasteiger partial charge in [-0.2, -0.15) is 0 Å². The molecule has 1 aromatic carbocycles. The standard InChI is InChI=1S/C12H18ClNO/c1-4-7-14-9(2)11-8-10(13)5-6-12(11)15-3/h5-6,8-9,14H,4,7H2,1-3H3. The Kier molecular flexibility index (Phi) is 4.92. The predicted molar refractivity (Wildman–Crippen MR) is 64.7 cm³/mol. The molecule has 84 valence electrons. The van der Waals surface area contributed by atoms with Crippen molar-refractivity contribution in [3.05, 3.63) is 28.8 Å². The predicted octanol–water partition coefficient (Wildman–Crippen LogP) is 3.41. The molecule has 3 heteroatoms. The molecule has 0 bridgehead atoms. The Balaban J connectivity index is 2.85. The molecule has 0 spiro atoms. The highest BCUT2D eigenvalue weighted by Gasteiger charge is 2.10. The summed E-state index contributed by atoms with van der Waals surface area (Å²) < 4.78 is 5.30. The smallest absolute Gasteiger partial charge is 0.123 e. The molecule has 0 amide bonds. The second-order valence-electron chi connectivity index (χ2n) is 3.56. The van der Waals surface area contributed by atoms with Crippen molar-refractivity contribution in [3.8, 4) is 5.75 Å². The first-order valence-corrected chi connectivity index (χ1v) is 5.63. The van der Waals surface area contributed by atoms with E-state index in [1.807, 2.05) is 18.2 Å². The molecular formula is C12H18ClNO. The van der Waals surface area contributed by atoms with Crippen molar-refractivity contribution >= 4 is 11.6 Å². The molecule has 0 heterocycles. The summed E-state index contributed by atoms with van der Waals surface area (Å²) in [5.41, 5.74) is 1.11. The second kappa shape index (κ2) is 5.99. The van der Waals surface area contributed by atoms with Crippen LogP contribution in [0.1, 0.15) is 31.9 Å². The summed E-state index contributed by atoms with van der Waals surface area (Å²) in [5.74, 6) is 0.885. The highest BCUT2D eigenvalue weighted by atomic mass is 35.5. The van der Waals surface area contributed by atoms with E-state index in [-0.39, 0.29) is 6.04 Å². The number of ether oxygens (including phenoxy) is 1. The Morgan fingerprint density at radius 1 is 1.47 bits per heavy atom. The number of hydrogen-bond donors (Lipinski definition) is 1. The fraction of sp³-hybridized carbons (Fsp3) is 0.500. The number of rotatable bonds is 5. The maximum atomic E-state index is 5.97. The molecule has 0 aromatic heterocycles. The molecule has 0 radical (unpaired) electrons. The number of benzene rings is 1. The van der Waals surface area contributed by atoms with Crippen LogP contribution in [0.3, 0.4) is 0 Å². The summed E-state index contributed by atoms with van der Waals surface area (Å²) in [5, 5.41) is 4.16. The Bertz CT molecular complexity index is 314. The van der Waals surface area contributed by atoms with E-state index in [0.717, 1.165) is 29.3 Å². The molecule has 0 aliphatic carbocycles. The van der Waals surface area contributed by atoms with Crippen LogP contribution in [0.4, 0.5) is 0 Å². The number of nitrogens with one attached hydrogen (secondary N) is 1. The molecule has 1 unspecified atom stereocenters. The number of halogens is 1. The lowest BCUT2D eigenvalue weighted by Crippen LogP contribution is -2.19. The SMILES string of the molecule is CCCNC(C)c1cc(Cl)ccc1OC. The zero-order valence-corrected chi connectivity index (χ0v) is 10.3. The third-order valence-corrected chi connectivity index (χ3v) is 2.59. The maximum absolute atomic E-state index is 5.97. The van der Waals surface area contributed by atoms with Crippen LogP contribution in [-0.2, 0) is 0 Å².